The van der Waals surface area contributed by atoms with E-state index in [1.165, 1.54) is 0 Å². The number of aromatic nitrogens is 2. The molecular weight excluding hydrogens is 302 g/mol. The van der Waals surface area contributed by atoms with E-state index in [0.717, 1.165) is 17.3 Å². The van der Waals surface area contributed by atoms with Crippen molar-refractivity contribution >= 4 is 29.2 Å². The Balaban J connectivity index is 1.59. The lowest BCUT2D eigenvalue weighted by atomic mass is 10.3. The van der Waals surface area contributed by atoms with Crippen LogP contribution in [-0.2, 0) is 6.54 Å². The average molecular weight is 321 g/mol. The molecule has 2 aromatic rings. The van der Waals surface area contributed by atoms with Crippen molar-refractivity contribution in [1.29, 1.82) is 0 Å². The van der Waals surface area contributed by atoms with Gasteiger partial charge in [-0.1, -0.05) is 37.2 Å². The number of hydrogen-bond acceptors (Lipinski definition) is 6. The second-order valence-corrected chi connectivity index (χ2v) is 8.13. The normalized spacial score (nSPS) is 25.7. The van der Waals surface area contributed by atoms with Crippen LogP contribution < -0.4 is 5.32 Å². The van der Waals surface area contributed by atoms with Crippen molar-refractivity contribution in [2.75, 3.05) is 11.1 Å². The molecule has 3 rings (SSSR count). The van der Waals surface area contributed by atoms with Crippen LogP contribution in [0.5, 0.6) is 0 Å². The van der Waals surface area contributed by atoms with E-state index in [1.54, 1.807) is 0 Å². The summed E-state index contributed by atoms with van der Waals surface area (Å²) in [5.41, 5.74) is 1.06. The fourth-order valence-electron chi connectivity index (χ4n) is 2.12. The Morgan fingerprint density at radius 1 is 1.24 bits per heavy atom. The van der Waals surface area contributed by atoms with E-state index < -0.39 is 0 Å². The molecular formula is C15H19N3OS2. The summed E-state index contributed by atoms with van der Waals surface area (Å²) in [6, 6.07) is 10.0. The van der Waals surface area contributed by atoms with Crippen LogP contribution in [-0.4, -0.2) is 26.4 Å². The van der Waals surface area contributed by atoms with Gasteiger partial charge in [-0.25, -0.2) is 0 Å². The number of anilines is 1. The van der Waals surface area contributed by atoms with Gasteiger partial charge in [-0.3, -0.25) is 0 Å². The highest BCUT2D eigenvalue weighted by Gasteiger charge is 2.29. The van der Waals surface area contributed by atoms with Gasteiger partial charge in [0.25, 0.3) is 0 Å². The molecule has 0 spiro atoms. The van der Waals surface area contributed by atoms with Crippen LogP contribution >= 0.6 is 23.5 Å². The molecule has 1 fully saturated rings. The summed E-state index contributed by atoms with van der Waals surface area (Å²) in [5, 5.41) is 9.09. The van der Waals surface area contributed by atoms with Crippen molar-refractivity contribution < 1.29 is 4.52 Å². The number of para-hydroxylation sites is 1. The van der Waals surface area contributed by atoms with Crippen LogP contribution in [0.15, 0.2) is 34.9 Å². The van der Waals surface area contributed by atoms with Crippen molar-refractivity contribution in [3.63, 3.8) is 0 Å². The lowest BCUT2D eigenvalue weighted by Crippen LogP contribution is -2.22. The Kier molecular flexibility index (Phi) is 4.75. The lowest BCUT2D eigenvalue weighted by Gasteiger charge is -2.29. The van der Waals surface area contributed by atoms with Crippen LogP contribution in [0.3, 0.4) is 0 Å². The maximum atomic E-state index is 5.36. The van der Waals surface area contributed by atoms with E-state index in [9.17, 15) is 0 Å². The summed E-state index contributed by atoms with van der Waals surface area (Å²) in [6.07, 6.45) is 0. The van der Waals surface area contributed by atoms with Crippen LogP contribution in [0.4, 0.5) is 5.69 Å². The van der Waals surface area contributed by atoms with E-state index in [-0.39, 0.29) is 0 Å². The third kappa shape index (κ3) is 3.74. The molecule has 1 aromatic heterocycles. The first-order valence-corrected chi connectivity index (χ1v) is 9.10. The average Bonchev–Trinajstić information content (AvgIpc) is 2.98. The Hall–Kier alpha value is -1.14. The molecule has 1 aliphatic heterocycles. The summed E-state index contributed by atoms with van der Waals surface area (Å²) in [4.78, 5) is 4.53. The second kappa shape index (κ2) is 6.75. The summed E-state index contributed by atoms with van der Waals surface area (Å²) in [5.74, 6) is 2.53. The highest BCUT2D eigenvalue weighted by atomic mass is 32.2. The van der Waals surface area contributed by atoms with Gasteiger partial charge in [-0.2, -0.15) is 16.7 Å². The number of hydrogen-bond donors (Lipinski definition) is 1. The zero-order valence-corrected chi connectivity index (χ0v) is 13.8. The van der Waals surface area contributed by atoms with Gasteiger partial charge < -0.3 is 9.84 Å². The zero-order valence-electron chi connectivity index (χ0n) is 12.2. The number of thioether (sulfide) groups is 2. The molecule has 21 heavy (non-hydrogen) atoms. The summed E-state index contributed by atoms with van der Waals surface area (Å²) < 4.78 is 5.36. The van der Waals surface area contributed by atoms with Gasteiger partial charge in [-0.15, -0.1) is 11.8 Å². The van der Waals surface area contributed by atoms with Gasteiger partial charge in [0, 0.05) is 21.9 Å². The van der Waals surface area contributed by atoms with Gasteiger partial charge in [0.15, 0.2) is 5.82 Å². The van der Waals surface area contributed by atoms with Crippen molar-refractivity contribution in [2.45, 2.75) is 36.1 Å². The van der Waals surface area contributed by atoms with Crippen molar-refractivity contribution in [1.82, 2.24) is 10.1 Å². The molecule has 0 bridgehead atoms. The third-order valence-electron chi connectivity index (χ3n) is 3.54. The molecule has 1 saturated heterocycles. The van der Waals surface area contributed by atoms with E-state index in [2.05, 4.69) is 29.3 Å². The van der Waals surface area contributed by atoms with E-state index in [0.29, 0.717) is 28.2 Å². The molecule has 3 atom stereocenters. The van der Waals surface area contributed by atoms with Gasteiger partial charge in [0.2, 0.25) is 5.89 Å². The fraction of sp³-hybridized carbons (Fsp3) is 0.467. The Morgan fingerprint density at radius 2 is 2.05 bits per heavy atom. The summed E-state index contributed by atoms with van der Waals surface area (Å²) in [6.45, 7) is 5.12. The number of nitrogens with one attached hydrogen (secondary N) is 1. The van der Waals surface area contributed by atoms with Gasteiger partial charge in [-0.05, 0) is 12.1 Å². The largest absolute Gasteiger partial charge is 0.376 e. The number of rotatable bonds is 4. The molecule has 0 amide bonds. The minimum Gasteiger partial charge on any atom is -0.376 e. The number of benzene rings is 1. The van der Waals surface area contributed by atoms with Gasteiger partial charge in [0.05, 0.1) is 11.8 Å². The van der Waals surface area contributed by atoms with Crippen LogP contribution in [0, 0.1) is 0 Å². The highest BCUT2D eigenvalue weighted by molar-refractivity contribution is 8.07. The number of nitrogens with zero attached hydrogens (tertiary/aromatic N) is 2. The standard InChI is InChI=1S/C15H19N3OS2/c1-10-11(2)21-13(9-20-10)15-17-14(19-18-15)8-16-12-6-4-3-5-7-12/h3-7,10-11,13,16H,8-9H2,1-2H3. The Morgan fingerprint density at radius 3 is 2.81 bits per heavy atom. The first-order valence-electron chi connectivity index (χ1n) is 7.11. The molecule has 112 valence electrons. The van der Waals surface area contributed by atoms with E-state index in [4.69, 9.17) is 4.52 Å². The fourth-order valence-corrected chi connectivity index (χ4v) is 4.96. The molecule has 0 radical (unpaired) electrons. The van der Waals surface area contributed by atoms with Gasteiger partial charge in [0.1, 0.15) is 0 Å². The molecule has 6 heteroatoms. The first-order chi connectivity index (χ1) is 10.2. The minimum atomic E-state index is 0.343. The highest BCUT2D eigenvalue weighted by Crippen LogP contribution is 2.43. The van der Waals surface area contributed by atoms with Crippen molar-refractivity contribution in [3.8, 4) is 0 Å². The van der Waals surface area contributed by atoms with E-state index >= 15 is 0 Å². The predicted octanol–water partition coefficient (Wildman–Crippen LogP) is 3.98. The maximum absolute atomic E-state index is 5.36. The summed E-state index contributed by atoms with van der Waals surface area (Å²) >= 11 is 3.94. The predicted molar refractivity (Wildman–Crippen MR) is 89.8 cm³/mol. The molecule has 4 nitrogen and oxygen atoms in total. The SMILES string of the molecule is CC1SCC(c2noc(CNc3ccccc3)n2)SC1C. The van der Waals surface area contributed by atoms with E-state index in [1.807, 2.05) is 53.9 Å². The molecule has 3 unspecified atom stereocenters. The molecule has 1 N–H and O–H groups in total. The zero-order chi connectivity index (χ0) is 14.7. The third-order valence-corrected chi connectivity index (χ3v) is 6.93. The molecule has 1 aromatic carbocycles. The van der Waals surface area contributed by atoms with Crippen molar-refractivity contribution in [3.05, 3.63) is 42.0 Å². The smallest absolute Gasteiger partial charge is 0.245 e. The summed E-state index contributed by atoms with van der Waals surface area (Å²) in [7, 11) is 0. The topological polar surface area (TPSA) is 51.0 Å². The quantitative estimate of drug-likeness (QED) is 0.919. The Labute approximate surface area is 133 Å². The van der Waals surface area contributed by atoms with Crippen LogP contribution in [0.25, 0.3) is 0 Å². The minimum absolute atomic E-state index is 0.343. The second-order valence-electron chi connectivity index (χ2n) is 5.13. The van der Waals surface area contributed by atoms with Gasteiger partial charge >= 0.3 is 0 Å². The molecule has 0 saturated carbocycles. The Bertz CT molecular complexity index is 575. The molecule has 2 heterocycles. The van der Waals surface area contributed by atoms with Crippen LogP contribution in [0.2, 0.25) is 0 Å². The maximum Gasteiger partial charge on any atom is 0.245 e. The molecule has 1 aliphatic rings. The first kappa shape index (κ1) is 14.8. The van der Waals surface area contributed by atoms with Crippen molar-refractivity contribution in [2.24, 2.45) is 0 Å². The lowest BCUT2D eigenvalue weighted by molar-refractivity contribution is 0.378. The molecule has 0 aliphatic carbocycles. The monoisotopic (exact) mass is 321 g/mol. The van der Waals surface area contributed by atoms with Crippen LogP contribution in [0.1, 0.15) is 30.8 Å².